The fourth-order valence-corrected chi connectivity index (χ4v) is 1.25. The van der Waals surface area contributed by atoms with E-state index in [1.807, 2.05) is 44.2 Å². The summed E-state index contributed by atoms with van der Waals surface area (Å²) in [5.41, 5.74) is 2.26. The summed E-state index contributed by atoms with van der Waals surface area (Å²) >= 11 is 0. The first-order valence-corrected chi connectivity index (χ1v) is 5.25. The van der Waals surface area contributed by atoms with E-state index in [1.165, 1.54) is 5.56 Å². The van der Waals surface area contributed by atoms with Gasteiger partial charge in [-0.25, -0.2) is 0 Å². The normalized spacial score (nSPS) is 10.5. The Kier molecular flexibility index (Phi) is 4.61. The van der Waals surface area contributed by atoms with E-state index in [0.717, 1.165) is 18.5 Å². The lowest BCUT2D eigenvalue weighted by atomic mass is 10.1. The van der Waals surface area contributed by atoms with Gasteiger partial charge in [0.25, 0.3) is 0 Å². The lowest BCUT2D eigenvalue weighted by Crippen LogP contribution is -2.21. The molecular weight excluding hydrogens is 186 g/mol. The van der Waals surface area contributed by atoms with Gasteiger partial charge in [-0.15, -0.1) is 0 Å². The Bertz CT molecular complexity index is 355. The van der Waals surface area contributed by atoms with Crippen LogP contribution in [0.3, 0.4) is 0 Å². The van der Waals surface area contributed by atoms with Crippen LogP contribution in [0.4, 0.5) is 0 Å². The molecule has 0 aliphatic rings. The number of hydrogen-bond acceptors (Lipinski definition) is 1. The molecule has 1 aromatic rings. The van der Waals surface area contributed by atoms with Gasteiger partial charge in [-0.1, -0.05) is 31.2 Å². The first-order valence-electron chi connectivity index (χ1n) is 5.25. The second kappa shape index (κ2) is 6.02. The van der Waals surface area contributed by atoms with Gasteiger partial charge in [-0.05, 0) is 30.5 Å². The van der Waals surface area contributed by atoms with Crippen LogP contribution in [0.1, 0.15) is 24.5 Å². The Morgan fingerprint density at radius 3 is 2.80 bits per heavy atom. The summed E-state index contributed by atoms with van der Waals surface area (Å²) < 4.78 is 0. The van der Waals surface area contributed by atoms with E-state index >= 15 is 0 Å². The number of carbonyl (C=O) groups excluding carboxylic acids is 1. The smallest absolute Gasteiger partial charge is 0.243 e. The Morgan fingerprint density at radius 1 is 1.40 bits per heavy atom. The maximum atomic E-state index is 11.3. The monoisotopic (exact) mass is 203 g/mol. The van der Waals surface area contributed by atoms with Gasteiger partial charge in [0.05, 0.1) is 0 Å². The average Bonchev–Trinajstić information content (AvgIpc) is 2.25. The number of aryl methyl sites for hydroxylation is 1. The first kappa shape index (κ1) is 11.5. The van der Waals surface area contributed by atoms with Crippen LogP contribution in [0.15, 0.2) is 30.3 Å². The van der Waals surface area contributed by atoms with Crippen LogP contribution in [-0.2, 0) is 4.79 Å². The highest BCUT2D eigenvalue weighted by molar-refractivity contribution is 5.91. The number of hydrogen-bond donors (Lipinski definition) is 1. The second-order valence-corrected chi connectivity index (χ2v) is 3.48. The largest absolute Gasteiger partial charge is 0.353 e. The molecule has 0 atom stereocenters. The molecule has 15 heavy (non-hydrogen) atoms. The van der Waals surface area contributed by atoms with E-state index < -0.39 is 0 Å². The molecule has 0 radical (unpaired) electrons. The van der Waals surface area contributed by atoms with Gasteiger partial charge >= 0.3 is 0 Å². The summed E-state index contributed by atoms with van der Waals surface area (Å²) in [6, 6.07) is 7.99. The lowest BCUT2D eigenvalue weighted by molar-refractivity contribution is -0.116. The molecular formula is C13H17NO. The van der Waals surface area contributed by atoms with Crippen LogP contribution < -0.4 is 5.32 Å². The van der Waals surface area contributed by atoms with Gasteiger partial charge in [-0.2, -0.15) is 0 Å². The number of carbonyl (C=O) groups is 1. The van der Waals surface area contributed by atoms with Crippen LogP contribution >= 0.6 is 0 Å². The van der Waals surface area contributed by atoms with Crippen molar-refractivity contribution in [1.29, 1.82) is 0 Å². The zero-order valence-electron chi connectivity index (χ0n) is 9.29. The Morgan fingerprint density at radius 2 is 2.13 bits per heavy atom. The minimum atomic E-state index is -0.0277. The predicted molar refractivity (Wildman–Crippen MR) is 63.5 cm³/mol. The summed E-state index contributed by atoms with van der Waals surface area (Å²) in [4.78, 5) is 11.3. The molecule has 1 aromatic carbocycles. The molecule has 1 N–H and O–H groups in total. The molecule has 80 valence electrons. The third kappa shape index (κ3) is 3.98. The van der Waals surface area contributed by atoms with Gasteiger partial charge in [0, 0.05) is 12.6 Å². The van der Waals surface area contributed by atoms with Crippen LogP contribution in [0.2, 0.25) is 0 Å². The third-order valence-electron chi connectivity index (χ3n) is 2.15. The molecule has 2 nitrogen and oxygen atoms in total. The highest BCUT2D eigenvalue weighted by Crippen LogP contribution is 2.08. The second-order valence-electron chi connectivity index (χ2n) is 3.48. The molecule has 1 amide bonds. The molecule has 0 saturated heterocycles. The highest BCUT2D eigenvalue weighted by Gasteiger charge is 1.94. The van der Waals surface area contributed by atoms with E-state index in [9.17, 15) is 4.79 Å². The number of benzene rings is 1. The number of rotatable bonds is 4. The van der Waals surface area contributed by atoms with Gasteiger partial charge in [0.15, 0.2) is 0 Å². The molecule has 0 aliphatic heterocycles. The average molecular weight is 203 g/mol. The van der Waals surface area contributed by atoms with E-state index in [1.54, 1.807) is 6.08 Å². The Labute approximate surface area is 91.0 Å². The van der Waals surface area contributed by atoms with Crippen molar-refractivity contribution in [3.8, 4) is 0 Å². The van der Waals surface area contributed by atoms with E-state index in [0.29, 0.717) is 0 Å². The fourth-order valence-electron chi connectivity index (χ4n) is 1.25. The van der Waals surface area contributed by atoms with Gasteiger partial charge in [0.2, 0.25) is 5.91 Å². The predicted octanol–water partition coefficient (Wildman–Crippen LogP) is 2.53. The highest BCUT2D eigenvalue weighted by atomic mass is 16.1. The molecule has 2 heteroatoms. The van der Waals surface area contributed by atoms with Crippen LogP contribution in [0.5, 0.6) is 0 Å². The molecule has 1 rings (SSSR count). The minimum absolute atomic E-state index is 0.0277. The van der Waals surface area contributed by atoms with Crippen molar-refractivity contribution in [2.24, 2.45) is 0 Å². The standard InChI is InChI=1S/C13H17NO/c1-3-10-14-13(15)9-8-12-7-5-4-6-11(12)2/h4-9H,3,10H2,1-2H3,(H,14,15)/b9-8+. The maximum Gasteiger partial charge on any atom is 0.243 e. The number of nitrogens with one attached hydrogen (secondary N) is 1. The molecule has 0 heterocycles. The first-order chi connectivity index (χ1) is 7.24. The Hall–Kier alpha value is -1.57. The molecule has 0 aromatic heterocycles. The lowest BCUT2D eigenvalue weighted by Gasteiger charge is -1.99. The quantitative estimate of drug-likeness (QED) is 0.748. The SMILES string of the molecule is CCCNC(=O)/C=C/c1ccccc1C. The summed E-state index contributed by atoms with van der Waals surface area (Å²) in [5, 5.41) is 2.80. The molecule has 0 fully saturated rings. The Balaban J connectivity index is 2.58. The molecule has 0 saturated carbocycles. The van der Waals surface area contributed by atoms with Gasteiger partial charge < -0.3 is 5.32 Å². The topological polar surface area (TPSA) is 29.1 Å². The van der Waals surface area contributed by atoms with Crippen molar-refractivity contribution in [1.82, 2.24) is 5.32 Å². The molecule has 0 aliphatic carbocycles. The van der Waals surface area contributed by atoms with Crippen molar-refractivity contribution >= 4 is 12.0 Å². The van der Waals surface area contributed by atoms with E-state index in [4.69, 9.17) is 0 Å². The fraction of sp³-hybridized carbons (Fsp3) is 0.308. The van der Waals surface area contributed by atoms with Crippen LogP contribution in [-0.4, -0.2) is 12.5 Å². The molecule has 0 spiro atoms. The number of amides is 1. The molecule has 0 unspecified atom stereocenters. The summed E-state index contributed by atoms with van der Waals surface area (Å²) in [6.07, 6.45) is 4.39. The van der Waals surface area contributed by atoms with E-state index in [-0.39, 0.29) is 5.91 Å². The van der Waals surface area contributed by atoms with Crippen molar-refractivity contribution in [2.45, 2.75) is 20.3 Å². The summed E-state index contributed by atoms with van der Waals surface area (Å²) in [7, 11) is 0. The zero-order chi connectivity index (χ0) is 11.1. The summed E-state index contributed by atoms with van der Waals surface area (Å²) in [5.74, 6) is -0.0277. The van der Waals surface area contributed by atoms with Crippen LogP contribution in [0, 0.1) is 6.92 Å². The van der Waals surface area contributed by atoms with Crippen molar-refractivity contribution < 1.29 is 4.79 Å². The summed E-state index contributed by atoms with van der Waals surface area (Å²) in [6.45, 7) is 4.80. The zero-order valence-corrected chi connectivity index (χ0v) is 9.29. The van der Waals surface area contributed by atoms with Crippen molar-refractivity contribution in [3.63, 3.8) is 0 Å². The van der Waals surface area contributed by atoms with Crippen molar-refractivity contribution in [3.05, 3.63) is 41.5 Å². The van der Waals surface area contributed by atoms with E-state index in [2.05, 4.69) is 5.32 Å². The van der Waals surface area contributed by atoms with Gasteiger partial charge in [-0.3, -0.25) is 4.79 Å². The third-order valence-corrected chi connectivity index (χ3v) is 2.15. The van der Waals surface area contributed by atoms with Crippen molar-refractivity contribution in [2.75, 3.05) is 6.54 Å². The van der Waals surface area contributed by atoms with Crippen LogP contribution in [0.25, 0.3) is 6.08 Å². The maximum absolute atomic E-state index is 11.3. The van der Waals surface area contributed by atoms with Gasteiger partial charge in [0.1, 0.15) is 0 Å². The molecule has 0 bridgehead atoms. The minimum Gasteiger partial charge on any atom is -0.353 e.